The minimum atomic E-state index is -0.521. The average molecular weight is 286 g/mol. The van der Waals surface area contributed by atoms with Crippen LogP contribution in [0.3, 0.4) is 0 Å². The van der Waals surface area contributed by atoms with Gasteiger partial charge in [0.2, 0.25) is 0 Å². The quantitative estimate of drug-likeness (QED) is 0.639. The Balaban J connectivity index is 1.95. The number of benzene rings is 2. The van der Waals surface area contributed by atoms with E-state index in [1.54, 1.807) is 7.05 Å². The fourth-order valence-corrected chi connectivity index (χ4v) is 1.74. The fraction of sp³-hybridized carbons (Fsp3) is 0.133. The number of hydrogen-bond acceptors (Lipinski definition) is 4. The molecule has 0 bridgehead atoms. The van der Waals surface area contributed by atoms with E-state index in [2.05, 4.69) is 0 Å². The summed E-state index contributed by atoms with van der Waals surface area (Å²) in [5, 5.41) is 10.5. The molecule has 0 atom stereocenters. The molecule has 0 heterocycles. The lowest BCUT2D eigenvalue weighted by Crippen LogP contribution is -2.29. The summed E-state index contributed by atoms with van der Waals surface area (Å²) in [7, 11) is 1.63. The lowest BCUT2D eigenvalue weighted by atomic mass is 10.2. The molecule has 6 nitrogen and oxygen atoms in total. The summed E-state index contributed by atoms with van der Waals surface area (Å²) < 4.78 is 5.15. The van der Waals surface area contributed by atoms with E-state index in [1.165, 1.54) is 29.2 Å². The first-order chi connectivity index (χ1) is 10.1. The molecule has 1 amide bonds. The first kappa shape index (κ1) is 14.5. The first-order valence-electron chi connectivity index (χ1n) is 6.27. The van der Waals surface area contributed by atoms with Crippen LogP contribution >= 0.6 is 0 Å². The van der Waals surface area contributed by atoms with Gasteiger partial charge < -0.3 is 9.64 Å². The van der Waals surface area contributed by atoms with Gasteiger partial charge >= 0.3 is 6.09 Å². The Bertz CT molecular complexity index is 626. The van der Waals surface area contributed by atoms with Gasteiger partial charge in [-0.25, -0.2) is 4.79 Å². The minimum absolute atomic E-state index is 0.0487. The molecule has 108 valence electrons. The van der Waals surface area contributed by atoms with Gasteiger partial charge in [0.05, 0.1) is 4.92 Å². The third-order valence-electron chi connectivity index (χ3n) is 2.83. The first-order valence-corrected chi connectivity index (χ1v) is 6.27. The van der Waals surface area contributed by atoms with Gasteiger partial charge in [-0.2, -0.15) is 0 Å². The van der Waals surface area contributed by atoms with Gasteiger partial charge in [-0.15, -0.1) is 0 Å². The van der Waals surface area contributed by atoms with Gasteiger partial charge in [-0.3, -0.25) is 10.1 Å². The molecular formula is C15H14N2O4. The average Bonchev–Trinajstić information content (AvgIpc) is 2.48. The summed E-state index contributed by atoms with van der Waals surface area (Å²) in [5.74, 6) is 0.269. The van der Waals surface area contributed by atoms with Crippen molar-refractivity contribution >= 4 is 11.8 Å². The van der Waals surface area contributed by atoms with Crippen molar-refractivity contribution in [1.82, 2.24) is 4.90 Å². The van der Waals surface area contributed by atoms with Gasteiger partial charge in [0.15, 0.2) is 0 Å². The van der Waals surface area contributed by atoms with Crippen LogP contribution in [0.25, 0.3) is 0 Å². The molecule has 0 unspecified atom stereocenters. The van der Waals surface area contributed by atoms with Gasteiger partial charge in [0, 0.05) is 25.7 Å². The number of hydrogen-bond donors (Lipinski definition) is 0. The Kier molecular flexibility index (Phi) is 4.50. The standard InChI is InChI=1S/C15H14N2O4/c1-16(11-12-5-3-2-4-6-12)15(18)21-14-9-7-13(8-10-14)17(19)20/h2-10H,11H2,1H3. The smallest absolute Gasteiger partial charge is 0.410 e. The summed E-state index contributed by atoms with van der Waals surface area (Å²) in [6, 6.07) is 14.9. The van der Waals surface area contributed by atoms with Crippen LogP contribution in [0.1, 0.15) is 5.56 Å². The van der Waals surface area contributed by atoms with Crippen molar-refractivity contribution in [3.63, 3.8) is 0 Å². The Morgan fingerprint density at radius 3 is 2.33 bits per heavy atom. The second-order valence-electron chi connectivity index (χ2n) is 4.46. The third kappa shape index (κ3) is 4.04. The Hall–Kier alpha value is -2.89. The molecule has 0 saturated heterocycles. The maximum Gasteiger partial charge on any atom is 0.415 e. The molecule has 2 aromatic rings. The van der Waals surface area contributed by atoms with E-state index in [4.69, 9.17) is 4.74 Å². The molecule has 2 aromatic carbocycles. The number of carbonyl (C=O) groups is 1. The minimum Gasteiger partial charge on any atom is -0.410 e. The van der Waals surface area contributed by atoms with E-state index >= 15 is 0 Å². The highest BCUT2D eigenvalue weighted by molar-refractivity contribution is 5.70. The second-order valence-corrected chi connectivity index (χ2v) is 4.46. The van der Waals surface area contributed by atoms with Gasteiger partial charge in [-0.1, -0.05) is 30.3 Å². The van der Waals surface area contributed by atoms with Crippen molar-refractivity contribution in [3.8, 4) is 5.75 Å². The van der Waals surface area contributed by atoms with Crippen LogP contribution in [-0.2, 0) is 6.54 Å². The van der Waals surface area contributed by atoms with Crippen LogP contribution in [0.4, 0.5) is 10.5 Å². The van der Waals surface area contributed by atoms with Crippen LogP contribution in [0.2, 0.25) is 0 Å². The molecule has 0 aliphatic heterocycles. The Labute approximate surface area is 121 Å². The lowest BCUT2D eigenvalue weighted by Gasteiger charge is -2.16. The molecule has 0 aliphatic rings. The number of nitro groups is 1. The molecule has 21 heavy (non-hydrogen) atoms. The normalized spacial score (nSPS) is 9.95. The van der Waals surface area contributed by atoms with E-state index in [0.29, 0.717) is 6.54 Å². The van der Waals surface area contributed by atoms with E-state index in [1.807, 2.05) is 30.3 Å². The number of rotatable bonds is 4. The molecule has 0 aliphatic carbocycles. The van der Waals surface area contributed by atoms with Crippen LogP contribution in [-0.4, -0.2) is 23.0 Å². The van der Waals surface area contributed by atoms with Crippen LogP contribution in [0, 0.1) is 10.1 Å². The van der Waals surface area contributed by atoms with Gasteiger partial charge in [0.25, 0.3) is 5.69 Å². The van der Waals surface area contributed by atoms with Crippen molar-refractivity contribution in [2.24, 2.45) is 0 Å². The Morgan fingerprint density at radius 2 is 1.76 bits per heavy atom. The zero-order chi connectivity index (χ0) is 15.2. The number of amides is 1. The van der Waals surface area contributed by atoms with Crippen LogP contribution in [0.15, 0.2) is 54.6 Å². The SMILES string of the molecule is CN(Cc1ccccc1)C(=O)Oc1ccc([N+](=O)[O-])cc1. The highest BCUT2D eigenvalue weighted by Crippen LogP contribution is 2.18. The molecule has 0 saturated carbocycles. The van der Waals surface area contributed by atoms with Crippen LogP contribution in [0.5, 0.6) is 5.75 Å². The molecule has 6 heteroatoms. The predicted octanol–water partition coefficient (Wildman–Crippen LogP) is 3.23. The summed E-state index contributed by atoms with van der Waals surface area (Å²) in [6.45, 7) is 0.423. The number of nitrogens with zero attached hydrogens (tertiary/aromatic N) is 2. The number of non-ortho nitro benzene ring substituents is 1. The lowest BCUT2D eigenvalue weighted by molar-refractivity contribution is -0.384. The zero-order valence-electron chi connectivity index (χ0n) is 11.4. The molecule has 2 rings (SSSR count). The van der Waals surface area contributed by atoms with Crippen molar-refractivity contribution in [1.29, 1.82) is 0 Å². The monoisotopic (exact) mass is 286 g/mol. The van der Waals surface area contributed by atoms with Crippen molar-refractivity contribution < 1.29 is 14.5 Å². The van der Waals surface area contributed by atoms with Crippen molar-refractivity contribution in [3.05, 3.63) is 70.3 Å². The van der Waals surface area contributed by atoms with Crippen LogP contribution < -0.4 is 4.74 Å². The molecule has 0 N–H and O–H groups in total. The van der Waals surface area contributed by atoms with Gasteiger partial charge in [-0.05, 0) is 17.7 Å². The number of nitro benzene ring substituents is 1. The molecule has 0 aromatic heterocycles. The molecule has 0 fully saturated rings. The second kappa shape index (κ2) is 6.51. The van der Waals surface area contributed by atoms with E-state index < -0.39 is 11.0 Å². The summed E-state index contributed by atoms with van der Waals surface area (Å²) >= 11 is 0. The maximum atomic E-state index is 11.9. The fourth-order valence-electron chi connectivity index (χ4n) is 1.74. The van der Waals surface area contributed by atoms with Crippen molar-refractivity contribution in [2.45, 2.75) is 6.54 Å². The summed E-state index contributed by atoms with van der Waals surface area (Å²) in [5.41, 5.74) is 0.938. The molecular weight excluding hydrogens is 272 g/mol. The summed E-state index contributed by atoms with van der Waals surface area (Å²) in [4.78, 5) is 23.4. The van der Waals surface area contributed by atoms with E-state index in [-0.39, 0.29) is 11.4 Å². The number of ether oxygens (including phenoxy) is 1. The topological polar surface area (TPSA) is 72.7 Å². The van der Waals surface area contributed by atoms with E-state index in [9.17, 15) is 14.9 Å². The third-order valence-corrected chi connectivity index (χ3v) is 2.83. The zero-order valence-corrected chi connectivity index (χ0v) is 11.4. The summed E-state index contributed by atoms with van der Waals surface area (Å²) in [6.07, 6.45) is -0.521. The molecule has 0 radical (unpaired) electrons. The maximum absolute atomic E-state index is 11.9. The van der Waals surface area contributed by atoms with E-state index in [0.717, 1.165) is 5.56 Å². The Morgan fingerprint density at radius 1 is 1.14 bits per heavy atom. The number of carbonyl (C=O) groups excluding carboxylic acids is 1. The highest BCUT2D eigenvalue weighted by atomic mass is 16.6. The highest BCUT2D eigenvalue weighted by Gasteiger charge is 2.12. The van der Waals surface area contributed by atoms with Crippen molar-refractivity contribution in [2.75, 3.05) is 7.05 Å². The predicted molar refractivity (Wildman–Crippen MR) is 77.0 cm³/mol. The van der Waals surface area contributed by atoms with Gasteiger partial charge in [0.1, 0.15) is 5.75 Å². The largest absolute Gasteiger partial charge is 0.415 e. The molecule has 0 spiro atoms.